The molecular formula is C9H8FN3O. The molecule has 0 spiro atoms. The lowest BCUT2D eigenvalue weighted by Gasteiger charge is -2.00. The van der Waals surface area contributed by atoms with Crippen LogP contribution in [-0.4, -0.2) is 9.97 Å². The highest BCUT2D eigenvalue weighted by atomic mass is 19.1. The highest BCUT2D eigenvalue weighted by Gasteiger charge is 2.05. The first kappa shape index (κ1) is 8.68. The lowest BCUT2D eigenvalue weighted by molar-refractivity contribution is 0.620. The van der Waals surface area contributed by atoms with E-state index in [4.69, 9.17) is 5.73 Å². The summed E-state index contributed by atoms with van der Waals surface area (Å²) in [7, 11) is 0. The fourth-order valence-corrected chi connectivity index (χ4v) is 1.29. The van der Waals surface area contributed by atoms with Crippen molar-refractivity contribution in [2.75, 3.05) is 5.73 Å². The van der Waals surface area contributed by atoms with Crippen LogP contribution in [0.3, 0.4) is 0 Å². The molecule has 4 nitrogen and oxygen atoms in total. The topological polar surface area (TPSA) is 71.8 Å². The SMILES string of the molecule is Cc1cc2c(=O)[nH]c(N)nc2cc1F. The van der Waals surface area contributed by atoms with Gasteiger partial charge >= 0.3 is 0 Å². The van der Waals surface area contributed by atoms with Gasteiger partial charge in [-0.25, -0.2) is 9.37 Å². The van der Waals surface area contributed by atoms with Gasteiger partial charge in [-0.2, -0.15) is 0 Å². The maximum absolute atomic E-state index is 13.1. The second-order valence-electron chi connectivity index (χ2n) is 3.07. The molecule has 0 aliphatic heterocycles. The van der Waals surface area contributed by atoms with E-state index in [1.807, 2.05) is 0 Å². The average Bonchev–Trinajstić information content (AvgIpc) is 2.08. The normalized spacial score (nSPS) is 10.7. The quantitative estimate of drug-likeness (QED) is 0.654. The number of nitrogens with zero attached hydrogens (tertiary/aromatic N) is 1. The summed E-state index contributed by atoms with van der Waals surface area (Å²) in [6.45, 7) is 1.59. The smallest absolute Gasteiger partial charge is 0.260 e. The Kier molecular flexibility index (Phi) is 1.73. The molecular weight excluding hydrogens is 185 g/mol. The van der Waals surface area contributed by atoms with Crippen molar-refractivity contribution in [3.63, 3.8) is 0 Å². The summed E-state index contributed by atoms with van der Waals surface area (Å²) >= 11 is 0. The molecule has 14 heavy (non-hydrogen) atoms. The minimum Gasteiger partial charge on any atom is -0.369 e. The van der Waals surface area contributed by atoms with E-state index in [1.165, 1.54) is 12.1 Å². The third kappa shape index (κ3) is 1.22. The zero-order valence-corrected chi connectivity index (χ0v) is 7.47. The van der Waals surface area contributed by atoms with Gasteiger partial charge in [0.1, 0.15) is 5.82 Å². The molecule has 1 heterocycles. The van der Waals surface area contributed by atoms with Gasteiger partial charge < -0.3 is 5.73 Å². The number of halogens is 1. The van der Waals surface area contributed by atoms with Gasteiger partial charge in [-0.3, -0.25) is 9.78 Å². The number of aromatic amines is 1. The summed E-state index contributed by atoms with van der Waals surface area (Å²) < 4.78 is 13.1. The molecule has 0 saturated heterocycles. The Morgan fingerprint density at radius 3 is 2.93 bits per heavy atom. The van der Waals surface area contributed by atoms with Gasteiger partial charge in [-0.05, 0) is 18.6 Å². The summed E-state index contributed by atoms with van der Waals surface area (Å²) in [6, 6.07) is 2.66. The number of nitrogen functional groups attached to an aromatic ring is 1. The average molecular weight is 193 g/mol. The molecule has 0 saturated carbocycles. The van der Waals surface area contributed by atoms with Crippen LogP contribution >= 0.6 is 0 Å². The number of fused-ring (bicyclic) bond motifs is 1. The molecule has 0 atom stereocenters. The molecule has 0 radical (unpaired) electrons. The number of nitrogens with two attached hydrogens (primary N) is 1. The Bertz CT molecular complexity index is 562. The summed E-state index contributed by atoms with van der Waals surface area (Å²) in [5, 5.41) is 0.345. The molecule has 72 valence electrons. The van der Waals surface area contributed by atoms with E-state index in [1.54, 1.807) is 6.92 Å². The van der Waals surface area contributed by atoms with E-state index in [0.29, 0.717) is 10.9 Å². The lowest BCUT2D eigenvalue weighted by Crippen LogP contribution is -2.11. The van der Waals surface area contributed by atoms with Gasteiger partial charge in [0.2, 0.25) is 5.95 Å². The molecule has 0 aliphatic rings. The minimum atomic E-state index is -0.394. The Morgan fingerprint density at radius 2 is 2.21 bits per heavy atom. The van der Waals surface area contributed by atoms with Crippen LogP contribution < -0.4 is 11.3 Å². The number of nitrogens with one attached hydrogen (secondary N) is 1. The van der Waals surface area contributed by atoms with Crippen LogP contribution in [0.5, 0.6) is 0 Å². The predicted octanol–water partition coefficient (Wildman–Crippen LogP) is 0.953. The number of H-pyrrole nitrogens is 1. The number of aromatic nitrogens is 2. The predicted molar refractivity (Wildman–Crippen MR) is 51.5 cm³/mol. The van der Waals surface area contributed by atoms with Gasteiger partial charge in [0.25, 0.3) is 5.56 Å². The van der Waals surface area contributed by atoms with Crippen molar-refractivity contribution >= 4 is 16.9 Å². The Morgan fingerprint density at radius 1 is 1.50 bits per heavy atom. The van der Waals surface area contributed by atoms with Crippen molar-refractivity contribution < 1.29 is 4.39 Å². The third-order valence-electron chi connectivity index (χ3n) is 2.00. The van der Waals surface area contributed by atoms with Crippen molar-refractivity contribution in [3.8, 4) is 0 Å². The molecule has 0 amide bonds. The van der Waals surface area contributed by atoms with Crippen LogP contribution in [0.1, 0.15) is 5.56 Å². The third-order valence-corrected chi connectivity index (χ3v) is 2.00. The number of aryl methyl sites for hydroxylation is 1. The van der Waals surface area contributed by atoms with Crippen LogP contribution in [0.4, 0.5) is 10.3 Å². The van der Waals surface area contributed by atoms with E-state index in [0.717, 1.165) is 0 Å². The second kappa shape index (κ2) is 2.80. The van der Waals surface area contributed by atoms with Crippen molar-refractivity contribution in [2.24, 2.45) is 0 Å². The zero-order valence-electron chi connectivity index (χ0n) is 7.47. The lowest BCUT2D eigenvalue weighted by atomic mass is 10.1. The summed E-state index contributed by atoms with van der Waals surface area (Å²) in [6.07, 6.45) is 0. The highest BCUT2D eigenvalue weighted by Crippen LogP contribution is 2.13. The van der Waals surface area contributed by atoms with Crippen LogP contribution in [0.25, 0.3) is 10.9 Å². The monoisotopic (exact) mass is 193 g/mol. The van der Waals surface area contributed by atoms with Gasteiger partial charge in [0.15, 0.2) is 0 Å². The maximum Gasteiger partial charge on any atom is 0.260 e. The highest BCUT2D eigenvalue weighted by molar-refractivity contribution is 5.79. The maximum atomic E-state index is 13.1. The molecule has 1 aromatic heterocycles. The van der Waals surface area contributed by atoms with Crippen LogP contribution in [0, 0.1) is 12.7 Å². The largest absolute Gasteiger partial charge is 0.369 e. The molecule has 1 aromatic carbocycles. The van der Waals surface area contributed by atoms with Crippen molar-refractivity contribution in [1.82, 2.24) is 9.97 Å². The number of anilines is 1. The fraction of sp³-hybridized carbons (Fsp3) is 0.111. The fourth-order valence-electron chi connectivity index (χ4n) is 1.29. The van der Waals surface area contributed by atoms with Crippen molar-refractivity contribution in [2.45, 2.75) is 6.92 Å². The van der Waals surface area contributed by atoms with E-state index < -0.39 is 5.82 Å². The molecule has 3 N–H and O–H groups in total. The van der Waals surface area contributed by atoms with E-state index >= 15 is 0 Å². The number of rotatable bonds is 0. The molecule has 0 aliphatic carbocycles. The Balaban J connectivity index is 2.96. The van der Waals surface area contributed by atoms with Gasteiger partial charge in [-0.1, -0.05) is 0 Å². The van der Waals surface area contributed by atoms with E-state index in [-0.39, 0.29) is 17.0 Å². The first-order chi connectivity index (χ1) is 6.58. The standard InChI is InChI=1S/C9H8FN3O/c1-4-2-5-7(3-6(4)10)12-9(11)13-8(5)14/h2-3H,1H3,(H3,11,12,13,14). The van der Waals surface area contributed by atoms with Crippen LogP contribution in [-0.2, 0) is 0 Å². The van der Waals surface area contributed by atoms with Crippen LogP contribution in [0.15, 0.2) is 16.9 Å². The summed E-state index contributed by atoms with van der Waals surface area (Å²) in [5.41, 5.74) is 5.66. The first-order valence-electron chi connectivity index (χ1n) is 4.03. The summed E-state index contributed by atoms with van der Waals surface area (Å²) in [4.78, 5) is 17.5. The molecule has 0 fully saturated rings. The summed E-state index contributed by atoms with van der Waals surface area (Å²) in [5.74, 6) is -0.402. The number of hydrogen-bond acceptors (Lipinski definition) is 3. The van der Waals surface area contributed by atoms with Crippen LogP contribution in [0.2, 0.25) is 0 Å². The second-order valence-corrected chi connectivity index (χ2v) is 3.07. The first-order valence-corrected chi connectivity index (χ1v) is 4.03. The zero-order chi connectivity index (χ0) is 10.3. The van der Waals surface area contributed by atoms with Crippen molar-refractivity contribution in [1.29, 1.82) is 0 Å². The number of benzene rings is 1. The molecule has 0 bridgehead atoms. The van der Waals surface area contributed by atoms with E-state index in [9.17, 15) is 9.18 Å². The van der Waals surface area contributed by atoms with Crippen molar-refractivity contribution in [3.05, 3.63) is 33.9 Å². The number of hydrogen-bond donors (Lipinski definition) is 2. The molecule has 0 unspecified atom stereocenters. The Labute approximate surface area is 78.6 Å². The van der Waals surface area contributed by atoms with Gasteiger partial charge in [0.05, 0.1) is 10.9 Å². The molecule has 5 heteroatoms. The molecule has 2 aromatic rings. The Hall–Kier alpha value is -1.91. The van der Waals surface area contributed by atoms with Gasteiger partial charge in [0, 0.05) is 6.07 Å². The minimum absolute atomic E-state index is 0.00856. The van der Waals surface area contributed by atoms with Gasteiger partial charge in [-0.15, -0.1) is 0 Å². The molecule has 2 rings (SSSR count). The van der Waals surface area contributed by atoms with E-state index in [2.05, 4.69) is 9.97 Å².